The zero-order chi connectivity index (χ0) is 8.69. The lowest BCUT2D eigenvalue weighted by Gasteiger charge is -2.05. The van der Waals surface area contributed by atoms with Gasteiger partial charge in [0, 0.05) is 6.04 Å². The van der Waals surface area contributed by atoms with Crippen LogP contribution in [0.25, 0.3) is 0 Å². The summed E-state index contributed by atoms with van der Waals surface area (Å²) in [6, 6.07) is 0.0215. The van der Waals surface area contributed by atoms with E-state index < -0.39 is 12.6 Å². The highest BCUT2D eigenvalue weighted by molar-refractivity contribution is 5.69. The van der Waals surface area contributed by atoms with Crippen molar-refractivity contribution in [1.82, 2.24) is 0 Å². The number of rotatable bonds is 5. The van der Waals surface area contributed by atoms with E-state index in [1.807, 2.05) is 6.92 Å². The van der Waals surface area contributed by atoms with Crippen LogP contribution in [-0.2, 0) is 9.53 Å². The summed E-state index contributed by atoms with van der Waals surface area (Å²) in [7, 11) is 0. The van der Waals surface area contributed by atoms with Crippen molar-refractivity contribution < 1.29 is 13.9 Å². The first kappa shape index (κ1) is 10.4. The Bertz CT molecular complexity index is 117. The lowest BCUT2D eigenvalue weighted by Crippen LogP contribution is -2.18. The largest absolute Gasteiger partial charge is 0.466 e. The van der Waals surface area contributed by atoms with Crippen LogP contribution in [0.15, 0.2) is 0 Å². The second kappa shape index (κ2) is 6.09. The fourth-order valence-corrected chi connectivity index (χ4v) is 0.508. The molecule has 0 aromatic heterocycles. The Labute approximate surface area is 65.7 Å². The van der Waals surface area contributed by atoms with Gasteiger partial charge in [-0.1, -0.05) is 0 Å². The van der Waals surface area contributed by atoms with Gasteiger partial charge < -0.3 is 10.5 Å². The number of hydrogen-bond donors (Lipinski definition) is 1. The van der Waals surface area contributed by atoms with Gasteiger partial charge in [-0.05, 0) is 13.3 Å². The van der Waals surface area contributed by atoms with Crippen LogP contribution in [0.4, 0.5) is 4.39 Å². The van der Waals surface area contributed by atoms with E-state index in [9.17, 15) is 9.18 Å². The first-order chi connectivity index (χ1) is 5.16. The SMILES string of the molecule is CC(N)CCOC(=O)CCF. The van der Waals surface area contributed by atoms with Gasteiger partial charge in [0.25, 0.3) is 0 Å². The van der Waals surface area contributed by atoms with Crippen molar-refractivity contribution in [3.63, 3.8) is 0 Å². The monoisotopic (exact) mass is 163 g/mol. The Hall–Kier alpha value is -0.640. The Morgan fingerprint density at radius 3 is 2.82 bits per heavy atom. The van der Waals surface area contributed by atoms with Gasteiger partial charge in [-0.3, -0.25) is 9.18 Å². The fourth-order valence-electron chi connectivity index (χ4n) is 0.508. The molecular formula is C7H14FNO2. The molecule has 2 N–H and O–H groups in total. The number of carbonyl (C=O) groups excluding carboxylic acids is 1. The summed E-state index contributed by atoms with van der Waals surface area (Å²) in [6.07, 6.45) is 0.469. The molecule has 0 aliphatic heterocycles. The number of halogens is 1. The van der Waals surface area contributed by atoms with Gasteiger partial charge in [-0.15, -0.1) is 0 Å². The Balaban J connectivity index is 3.17. The van der Waals surface area contributed by atoms with Crippen LogP contribution in [0.5, 0.6) is 0 Å². The Kier molecular flexibility index (Phi) is 5.74. The second-order valence-corrected chi connectivity index (χ2v) is 2.43. The minimum absolute atomic E-state index is 0.0215. The highest BCUT2D eigenvalue weighted by Gasteiger charge is 2.01. The molecule has 3 nitrogen and oxygen atoms in total. The van der Waals surface area contributed by atoms with Crippen LogP contribution in [0.3, 0.4) is 0 Å². The zero-order valence-corrected chi connectivity index (χ0v) is 6.68. The average molecular weight is 163 g/mol. The molecule has 0 aliphatic carbocycles. The van der Waals surface area contributed by atoms with Crippen molar-refractivity contribution in [3.05, 3.63) is 0 Å². The van der Waals surface area contributed by atoms with E-state index in [-0.39, 0.29) is 19.1 Å². The predicted molar refractivity (Wildman–Crippen MR) is 39.8 cm³/mol. The Morgan fingerprint density at radius 1 is 1.73 bits per heavy atom. The number of carbonyl (C=O) groups is 1. The van der Waals surface area contributed by atoms with E-state index in [0.717, 1.165) is 0 Å². The molecular weight excluding hydrogens is 149 g/mol. The van der Waals surface area contributed by atoms with Crippen molar-refractivity contribution in [1.29, 1.82) is 0 Å². The van der Waals surface area contributed by atoms with E-state index in [4.69, 9.17) is 5.73 Å². The standard InChI is InChI=1S/C7H14FNO2/c1-6(9)3-5-11-7(10)2-4-8/h6H,2-5,9H2,1H3. The first-order valence-electron chi connectivity index (χ1n) is 3.64. The van der Waals surface area contributed by atoms with Crippen LogP contribution >= 0.6 is 0 Å². The molecule has 0 amide bonds. The maximum Gasteiger partial charge on any atom is 0.308 e. The number of esters is 1. The maximum atomic E-state index is 11.5. The number of hydrogen-bond acceptors (Lipinski definition) is 3. The minimum atomic E-state index is -0.656. The summed E-state index contributed by atoms with van der Waals surface area (Å²) in [5.74, 6) is -0.492. The van der Waals surface area contributed by atoms with E-state index in [1.54, 1.807) is 0 Å². The molecule has 0 aliphatic rings. The predicted octanol–water partition coefficient (Wildman–Crippen LogP) is 0.627. The van der Waals surface area contributed by atoms with Gasteiger partial charge in [0.05, 0.1) is 19.7 Å². The summed E-state index contributed by atoms with van der Waals surface area (Å²) in [5.41, 5.74) is 5.39. The van der Waals surface area contributed by atoms with Gasteiger partial charge >= 0.3 is 5.97 Å². The summed E-state index contributed by atoms with van der Waals surface area (Å²) >= 11 is 0. The van der Waals surface area contributed by atoms with E-state index >= 15 is 0 Å². The lowest BCUT2D eigenvalue weighted by atomic mass is 10.3. The molecule has 0 bridgehead atoms. The third-order valence-corrected chi connectivity index (χ3v) is 1.13. The van der Waals surface area contributed by atoms with Gasteiger partial charge in [-0.2, -0.15) is 0 Å². The van der Waals surface area contributed by atoms with Crippen molar-refractivity contribution >= 4 is 5.97 Å². The molecule has 1 atom stereocenters. The number of nitrogens with two attached hydrogens (primary N) is 1. The third-order valence-electron chi connectivity index (χ3n) is 1.13. The first-order valence-corrected chi connectivity index (χ1v) is 3.64. The summed E-state index contributed by atoms with van der Waals surface area (Å²) < 4.78 is 16.1. The molecule has 0 aromatic rings. The van der Waals surface area contributed by atoms with Crippen LogP contribution in [0, 0.1) is 0 Å². The van der Waals surface area contributed by atoms with Gasteiger partial charge in [0.15, 0.2) is 0 Å². The quantitative estimate of drug-likeness (QED) is 0.605. The fraction of sp³-hybridized carbons (Fsp3) is 0.857. The average Bonchev–Trinajstić information content (AvgIpc) is 1.87. The minimum Gasteiger partial charge on any atom is -0.466 e. The van der Waals surface area contributed by atoms with Gasteiger partial charge in [0.2, 0.25) is 0 Å². The molecule has 4 heteroatoms. The molecule has 11 heavy (non-hydrogen) atoms. The molecule has 0 radical (unpaired) electrons. The normalized spacial score (nSPS) is 12.6. The molecule has 0 saturated carbocycles. The zero-order valence-electron chi connectivity index (χ0n) is 6.68. The van der Waals surface area contributed by atoms with Crippen molar-refractivity contribution in [2.24, 2.45) is 5.73 Å². The number of alkyl halides is 1. The smallest absolute Gasteiger partial charge is 0.308 e. The van der Waals surface area contributed by atoms with Crippen molar-refractivity contribution in [3.8, 4) is 0 Å². The van der Waals surface area contributed by atoms with E-state index in [0.29, 0.717) is 6.42 Å². The van der Waals surface area contributed by atoms with E-state index in [2.05, 4.69) is 4.74 Å². The molecule has 0 spiro atoms. The van der Waals surface area contributed by atoms with Crippen molar-refractivity contribution in [2.75, 3.05) is 13.3 Å². The molecule has 0 saturated heterocycles. The van der Waals surface area contributed by atoms with Crippen LogP contribution in [0.2, 0.25) is 0 Å². The lowest BCUT2D eigenvalue weighted by molar-refractivity contribution is -0.144. The molecule has 0 heterocycles. The van der Waals surface area contributed by atoms with Crippen LogP contribution in [-0.4, -0.2) is 25.3 Å². The van der Waals surface area contributed by atoms with Crippen molar-refractivity contribution in [2.45, 2.75) is 25.8 Å². The second-order valence-electron chi connectivity index (χ2n) is 2.43. The maximum absolute atomic E-state index is 11.5. The molecule has 0 rings (SSSR count). The molecule has 0 fully saturated rings. The summed E-state index contributed by atoms with van der Waals surface area (Å²) in [5, 5.41) is 0. The third kappa shape index (κ3) is 7.25. The van der Waals surface area contributed by atoms with Gasteiger partial charge in [0.1, 0.15) is 0 Å². The molecule has 0 aromatic carbocycles. The summed E-state index contributed by atoms with van der Waals surface area (Å²) in [6.45, 7) is 1.45. The van der Waals surface area contributed by atoms with Gasteiger partial charge in [-0.25, -0.2) is 0 Å². The number of ether oxygens (including phenoxy) is 1. The highest BCUT2D eigenvalue weighted by atomic mass is 19.1. The highest BCUT2D eigenvalue weighted by Crippen LogP contribution is 1.91. The molecule has 66 valence electrons. The summed E-state index contributed by atoms with van der Waals surface area (Å²) in [4.78, 5) is 10.5. The topological polar surface area (TPSA) is 52.3 Å². The van der Waals surface area contributed by atoms with E-state index in [1.165, 1.54) is 0 Å². The van der Waals surface area contributed by atoms with Crippen LogP contribution < -0.4 is 5.73 Å². The Morgan fingerprint density at radius 2 is 2.36 bits per heavy atom. The molecule has 1 unspecified atom stereocenters. The van der Waals surface area contributed by atoms with Crippen LogP contribution in [0.1, 0.15) is 19.8 Å².